The molecule has 3 aromatic carbocycles. The van der Waals surface area contributed by atoms with Gasteiger partial charge in [0.15, 0.2) is 5.78 Å². The number of ketones is 1. The van der Waals surface area contributed by atoms with Gasteiger partial charge in [-0.25, -0.2) is 4.79 Å². The van der Waals surface area contributed by atoms with E-state index in [-0.39, 0.29) is 11.8 Å². The summed E-state index contributed by atoms with van der Waals surface area (Å²) in [6, 6.07) is 26.6. The first-order valence-electron chi connectivity index (χ1n) is 8.09. The number of Topliss-reactive ketones (excluding diaryl/α,β-unsaturated/α-hetero) is 1. The first kappa shape index (κ1) is 19.1. The lowest BCUT2D eigenvalue weighted by Crippen LogP contribution is -2.11. The van der Waals surface area contributed by atoms with Crippen LogP contribution in [0.4, 0.5) is 0 Å². The lowest BCUT2D eigenvalue weighted by Gasteiger charge is -2.09. The Bertz CT molecular complexity index is 815. The van der Waals surface area contributed by atoms with Gasteiger partial charge in [0.2, 0.25) is 0 Å². The standard InChI is InChI=1S/C14H12O2.C8H8O2/c15-13(11-7-3-1-4-8-11)14(16)12-9-5-2-6-10-12;1-10-8(9)7-5-3-2-4-6-7/h1-10,13,15H;2-6H,1H3. The van der Waals surface area contributed by atoms with Gasteiger partial charge in [0.1, 0.15) is 6.10 Å². The summed E-state index contributed by atoms with van der Waals surface area (Å²) in [6.07, 6.45) is -1.08. The molecule has 0 saturated carbocycles. The van der Waals surface area contributed by atoms with Crippen molar-refractivity contribution in [2.24, 2.45) is 0 Å². The molecule has 1 N–H and O–H groups in total. The van der Waals surface area contributed by atoms with Crippen LogP contribution in [0, 0.1) is 0 Å². The minimum atomic E-state index is -1.08. The van der Waals surface area contributed by atoms with E-state index in [4.69, 9.17) is 0 Å². The molecule has 0 fully saturated rings. The van der Waals surface area contributed by atoms with Crippen LogP contribution in [0.5, 0.6) is 0 Å². The highest BCUT2D eigenvalue weighted by Gasteiger charge is 2.18. The van der Waals surface area contributed by atoms with Crippen molar-refractivity contribution in [3.8, 4) is 0 Å². The van der Waals surface area contributed by atoms with Crippen LogP contribution in [-0.2, 0) is 4.74 Å². The topological polar surface area (TPSA) is 63.6 Å². The Labute approximate surface area is 152 Å². The van der Waals surface area contributed by atoms with Gasteiger partial charge >= 0.3 is 5.97 Å². The number of aliphatic hydroxyl groups excluding tert-OH is 1. The maximum atomic E-state index is 11.9. The highest BCUT2D eigenvalue weighted by atomic mass is 16.5. The highest BCUT2D eigenvalue weighted by molar-refractivity contribution is 5.99. The molecule has 3 rings (SSSR count). The Morgan fingerprint density at radius 3 is 1.62 bits per heavy atom. The van der Waals surface area contributed by atoms with Crippen LogP contribution in [0.1, 0.15) is 32.4 Å². The third kappa shape index (κ3) is 5.40. The third-order valence-corrected chi connectivity index (χ3v) is 3.62. The summed E-state index contributed by atoms with van der Waals surface area (Å²) in [5.74, 6) is -0.563. The quantitative estimate of drug-likeness (QED) is 0.570. The van der Waals surface area contributed by atoms with Gasteiger partial charge < -0.3 is 9.84 Å². The molecule has 0 bridgehead atoms. The lowest BCUT2D eigenvalue weighted by molar-refractivity contribution is 0.0600. The second-order valence-electron chi connectivity index (χ2n) is 5.40. The summed E-state index contributed by atoms with van der Waals surface area (Å²) in [5, 5.41) is 9.89. The van der Waals surface area contributed by atoms with E-state index in [1.807, 2.05) is 18.2 Å². The van der Waals surface area contributed by atoms with Crippen LogP contribution in [-0.4, -0.2) is 24.0 Å². The van der Waals surface area contributed by atoms with E-state index in [2.05, 4.69) is 4.74 Å². The Morgan fingerprint density at radius 2 is 1.15 bits per heavy atom. The number of esters is 1. The van der Waals surface area contributed by atoms with Gasteiger partial charge in [-0.05, 0) is 17.7 Å². The second kappa shape index (κ2) is 9.91. The van der Waals surface area contributed by atoms with E-state index in [0.717, 1.165) is 0 Å². The van der Waals surface area contributed by atoms with E-state index in [1.54, 1.807) is 72.8 Å². The Morgan fingerprint density at radius 1 is 0.731 bits per heavy atom. The summed E-state index contributed by atoms with van der Waals surface area (Å²) in [7, 11) is 1.37. The number of aliphatic hydroxyl groups is 1. The smallest absolute Gasteiger partial charge is 0.337 e. The van der Waals surface area contributed by atoms with E-state index in [1.165, 1.54) is 7.11 Å². The van der Waals surface area contributed by atoms with Crippen molar-refractivity contribution in [1.29, 1.82) is 0 Å². The van der Waals surface area contributed by atoms with Crippen molar-refractivity contribution in [3.63, 3.8) is 0 Å². The van der Waals surface area contributed by atoms with Crippen molar-refractivity contribution >= 4 is 11.8 Å². The van der Waals surface area contributed by atoms with Crippen LogP contribution in [0.3, 0.4) is 0 Å². The van der Waals surface area contributed by atoms with E-state index >= 15 is 0 Å². The first-order chi connectivity index (χ1) is 12.6. The molecular formula is C22H20O4. The van der Waals surface area contributed by atoms with Crippen LogP contribution in [0.2, 0.25) is 0 Å². The van der Waals surface area contributed by atoms with Crippen LogP contribution < -0.4 is 0 Å². The second-order valence-corrected chi connectivity index (χ2v) is 5.40. The monoisotopic (exact) mass is 348 g/mol. The van der Waals surface area contributed by atoms with E-state index < -0.39 is 6.10 Å². The SMILES string of the molecule is COC(=O)c1ccccc1.O=C(c1ccccc1)C(O)c1ccccc1. The first-order valence-corrected chi connectivity index (χ1v) is 8.09. The van der Waals surface area contributed by atoms with Crippen LogP contribution >= 0.6 is 0 Å². The summed E-state index contributed by atoms with van der Waals surface area (Å²) < 4.78 is 4.50. The minimum absolute atomic E-state index is 0.271. The molecule has 0 amide bonds. The Balaban J connectivity index is 0.000000209. The number of hydrogen-bond acceptors (Lipinski definition) is 4. The molecule has 0 spiro atoms. The Kier molecular flexibility index (Phi) is 7.28. The molecule has 0 heterocycles. The number of methoxy groups -OCH3 is 1. The summed E-state index contributed by atoms with van der Waals surface area (Å²) in [6.45, 7) is 0. The fraction of sp³-hybridized carbons (Fsp3) is 0.0909. The third-order valence-electron chi connectivity index (χ3n) is 3.62. The number of benzene rings is 3. The van der Waals surface area contributed by atoms with E-state index in [0.29, 0.717) is 16.7 Å². The molecule has 0 saturated heterocycles. The zero-order chi connectivity index (χ0) is 18.8. The maximum absolute atomic E-state index is 11.9. The van der Waals surface area contributed by atoms with Crippen LogP contribution in [0.25, 0.3) is 0 Å². The fourth-order valence-electron chi connectivity index (χ4n) is 2.24. The largest absolute Gasteiger partial charge is 0.465 e. The predicted molar refractivity (Wildman–Crippen MR) is 100.0 cm³/mol. The molecule has 0 aliphatic heterocycles. The molecular weight excluding hydrogens is 328 g/mol. The number of carbonyl (C=O) groups excluding carboxylic acids is 2. The summed E-state index contributed by atoms with van der Waals surface area (Å²) >= 11 is 0. The molecule has 4 nitrogen and oxygen atoms in total. The Hall–Kier alpha value is -3.24. The fourth-order valence-corrected chi connectivity index (χ4v) is 2.24. The molecule has 132 valence electrons. The normalized spacial score (nSPS) is 10.8. The molecule has 1 unspecified atom stereocenters. The van der Waals surface area contributed by atoms with Crippen LogP contribution in [0.15, 0.2) is 91.0 Å². The van der Waals surface area contributed by atoms with Gasteiger partial charge in [0, 0.05) is 5.56 Å². The van der Waals surface area contributed by atoms with Gasteiger partial charge in [-0.1, -0.05) is 78.9 Å². The van der Waals surface area contributed by atoms with Gasteiger partial charge in [0.05, 0.1) is 12.7 Å². The molecule has 0 radical (unpaired) electrons. The molecule has 1 atom stereocenters. The average molecular weight is 348 g/mol. The molecule has 0 aliphatic rings. The molecule has 0 aliphatic carbocycles. The number of carbonyl (C=O) groups is 2. The molecule has 26 heavy (non-hydrogen) atoms. The van der Waals surface area contributed by atoms with Crippen molar-refractivity contribution in [1.82, 2.24) is 0 Å². The molecule has 0 aromatic heterocycles. The summed E-state index contributed by atoms with van der Waals surface area (Å²) in [5.41, 5.74) is 1.74. The van der Waals surface area contributed by atoms with Gasteiger partial charge in [-0.3, -0.25) is 4.79 Å². The van der Waals surface area contributed by atoms with Gasteiger partial charge in [-0.2, -0.15) is 0 Å². The zero-order valence-corrected chi connectivity index (χ0v) is 14.4. The van der Waals surface area contributed by atoms with Gasteiger partial charge in [0.25, 0.3) is 0 Å². The van der Waals surface area contributed by atoms with Gasteiger partial charge in [-0.15, -0.1) is 0 Å². The number of rotatable bonds is 4. The zero-order valence-electron chi connectivity index (χ0n) is 14.4. The average Bonchev–Trinajstić information content (AvgIpc) is 2.74. The summed E-state index contributed by atoms with van der Waals surface area (Å²) in [4.78, 5) is 22.7. The number of ether oxygens (including phenoxy) is 1. The number of hydrogen-bond donors (Lipinski definition) is 1. The molecule has 3 aromatic rings. The van der Waals surface area contributed by atoms with Crippen molar-refractivity contribution in [2.45, 2.75) is 6.10 Å². The van der Waals surface area contributed by atoms with Crippen molar-refractivity contribution in [3.05, 3.63) is 108 Å². The maximum Gasteiger partial charge on any atom is 0.337 e. The van der Waals surface area contributed by atoms with Crippen molar-refractivity contribution < 1.29 is 19.4 Å². The molecule has 4 heteroatoms. The van der Waals surface area contributed by atoms with E-state index in [9.17, 15) is 14.7 Å². The van der Waals surface area contributed by atoms with Crippen molar-refractivity contribution in [2.75, 3.05) is 7.11 Å². The predicted octanol–water partition coefficient (Wildman–Crippen LogP) is 4.08. The minimum Gasteiger partial charge on any atom is -0.465 e. The highest BCUT2D eigenvalue weighted by Crippen LogP contribution is 2.17. The lowest BCUT2D eigenvalue weighted by atomic mass is 10.0.